The average Bonchev–Trinajstić information content (AvgIpc) is 2.39. The lowest BCUT2D eigenvalue weighted by Crippen LogP contribution is -2.15. The van der Waals surface area contributed by atoms with Gasteiger partial charge < -0.3 is 5.73 Å². The summed E-state index contributed by atoms with van der Waals surface area (Å²) in [5, 5.41) is 0.296. The summed E-state index contributed by atoms with van der Waals surface area (Å²) in [5.41, 5.74) is 6.27. The van der Waals surface area contributed by atoms with Gasteiger partial charge in [0.2, 0.25) is 0 Å². The van der Waals surface area contributed by atoms with E-state index in [2.05, 4.69) is 0 Å². The fourth-order valence-corrected chi connectivity index (χ4v) is 2.04. The lowest BCUT2D eigenvalue weighted by Gasteiger charge is -2.14. The average molecular weight is 304 g/mol. The van der Waals surface area contributed by atoms with E-state index in [1.54, 1.807) is 0 Å². The molecule has 0 aromatic heterocycles. The van der Waals surface area contributed by atoms with Crippen LogP contribution in [0.1, 0.15) is 17.2 Å². The van der Waals surface area contributed by atoms with E-state index < -0.39 is 29.3 Å². The van der Waals surface area contributed by atoms with Crippen LogP contribution in [-0.4, -0.2) is 0 Å². The van der Waals surface area contributed by atoms with Crippen LogP contribution >= 0.6 is 11.6 Å². The maximum absolute atomic E-state index is 13.1. The minimum absolute atomic E-state index is 0.0705. The van der Waals surface area contributed by atoms with Crippen molar-refractivity contribution in [1.29, 1.82) is 0 Å². The summed E-state index contributed by atoms with van der Waals surface area (Å²) in [6, 6.07) is 4.54. The molecule has 0 aliphatic carbocycles. The quantitative estimate of drug-likeness (QED) is 0.669. The van der Waals surface area contributed by atoms with Crippen LogP contribution in [0.15, 0.2) is 30.3 Å². The summed E-state index contributed by atoms with van der Waals surface area (Å²) >= 11 is 5.89. The van der Waals surface area contributed by atoms with E-state index >= 15 is 0 Å². The predicted molar refractivity (Wildman–Crippen MR) is 68.4 cm³/mol. The van der Waals surface area contributed by atoms with Gasteiger partial charge in [0, 0.05) is 11.1 Å². The second kappa shape index (κ2) is 5.81. The monoisotopic (exact) mass is 303 g/mol. The first kappa shape index (κ1) is 14.8. The molecule has 0 aliphatic rings. The summed E-state index contributed by atoms with van der Waals surface area (Å²) in [6.07, 6.45) is 0.0705. The molecule has 0 amide bonds. The third-order valence-electron chi connectivity index (χ3n) is 2.88. The van der Waals surface area contributed by atoms with Crippen LogP contribution in [0.25, 0.3) is 0 Å². The summed E-state index contributed by atoms with van der Waals surface area (Å²) in [6.45, 7) is 0. The SMILES string of the molecule is NC(Cc1cc(F)ccc1Cl)c1cc(F)c(F)c(F)c1. The van der Waals surface area contributed by atoms with Gasteiger partial charge in [-0.05, 0) is 47.9 Å². The van der Waals surface area contributed by atoms with Gasteiger partial charge in [0.15, 0.2) is 17.5 Å². The maximum Gasteiger partial charge on any atom is 0.194 e. The summed E-state index contributed by atoms with van der Waals surface area (Å²) in [5.74, 6) is -4.68. The van der Waals surface area contributed by atoms with Crippen molar-refractivity contribution in [3.8, 4) is 0 Å². The molecule has 6 heteroatoms. The third kappa shape index (κ3) is 3.11. The molecule has 0 bridgehead atoms. The highest BCUT2D eigenvalue weighted by molar-refractivity contribution is 6.31. The number of nitrogens with two attached hydrogens (primary N) is 1. The van der Waals surface area contributed by atoms with Gasteiger partial charge in [0.05, 0.1) is 0 Å². The molecule has 0 radical (unpaired) electrons. The largest absolute Gasteiger partial charge is 0.324 e. The van der Waals surface area contributed by atoms with Gasteiger partial charge in [0.25, 0.3) is 0 Å². The highest BCUT2D eigenvalue weighted by Crippen LogP contribution is 2.25. The van der Waals surface area contributed by atoms with E-state index in [4.69, 9.17) is 17.3 Å². The molecule has 106 valence electrons. The minimum Gasteiger partial charge on any atom is -0.324 e. The van der Waals surface area contributed by atoms with Gasteiger partial charge >= 0.3 is 0 Å². The van der Waals surface area contributed by atoms with Crippen LogP contribution < -0.4 is 5.73 Å². The van der Waals surface area contributed by atoms with Crippen LogP contribution in [0.2, 0.25) is 5.02 Å². The summed E-state index contributed by atoms with van der Waals surface area (Å²) in [7, 11) is 0. The van der Waals surface area contributed by atoms with E-state index in [-0.39, 0.29) is 12.0 Å². The Morgan fingerprint density at radius 2 is 1.60 bits per heavy atom. The molecular weight excluding hydrogens is 294 g/mol. The van der Waals surface area contributed by atoms with Crippen LogP contribution in [0.4, 0.5) is 17.6 Å². The summed E-state index contributed by atoms with van der Waals surface area (Å²) < 4.78 is 52.2. The first-order valence-corrected chi connectivity index (χ1v) is 6.10. The molecule has 0 aliphatic heterocycles. The Morgan fingerprint density at radius 3 is 2.20 bits per heavy atom. The van der Waals surface area contributed by atoms with Crippen LogP contribution in [0, 0.1) is 23.3 Å². The third-order valence-corrected chi connectivity index (χ3v) is 3.25. The summed E-state index contributed by atoms with van der Waals surface area (Å²) in [4.78, 5) is 0. The zero-order valence-corrected chi connectivity index (χ0v) is 10.9. The van der Waals surface area contributed by atoms with Crippen molar-refractivity contribution in [2.45, 2.75) is 12.5 Å². The number of halogens is 5. The molecule has 20 heavy (non-hydrogen) atoms. The van der Waals surface area contributed by atoms with Gasteiger partial charge in [0.1, 0.15) is 5.82 Å². The normalized spacial score (nSPS) is 12.5. The number of hydrogen-bond donors (Lipinski definition) is 1. The lowest BCUT2D eigenvalue weighted by atomic mass is 9.99. The molecule has 2 aromatic carbocycles. The van der Waals surface area contributed by atoms with Crippen molar-refractivity contribution in [2.75, 3.05) is 0 Å². The van der Waals surface area contributed by atoms with E-state index in [1.807, 2.05) is 0 Å². The lowest BCUT2D eigenvalue weighted by molar-refractivity contribution is 0.443. The molecular formula is C14H10ClF4N. The molecule has 2 rings (SSSR count). The highest BCUT2D eigenvalue weighted by Gasteiger charge is 2.16. The number of benzene rings is 2. The van der Waals surface area contributed by atoms with Gasteiger partial charge in [-0.1, -0.05) is 11.6 Å². The number of rotatable bonds is 3. The Hall–Kier alpha value is -1.59. The van der Waals surface area contributed by atoms with E-state index in [1.165, 1.54) is 18.2 Å². The fourth-order valence-electron chi connectivity index (χ4n) is 1.84. The number of hydrogen-bond acceptors (Lipinski definition) is 1. The Balaban J connectivity index is 2.28. The first-order valence-electron chi connectivity index (χ1n) is 5.72. The van der Waals surface area contributed by atoms with Crippen molar-refractivity contribution >= 4 is 11.6 Å². The van der Waals surface area contributed by atoms with Crippen molar-refractivity contribution in [3.05, 3.63) is 69.8 Å². The molecule has 1 unspecified atom stereocenters. The van der Waals surface area contributed by atoms with E-state index in [0.29, 0.717) is 10.6 Å². The predicted octanol–water partition coefficient (Wildman–Crippen LogP) is 4.14. The smallest absolute Gasteiger partial charge is 0.194 e. The first-order chi connectivity index (χ1) is 9.38. The van der Waals surface area contributed by atoms with Gasteiger partial charge in [-0.2, -0.15) is 0 Å². The Kier molecular flexibility index (Phi) is 4.30. The molecule has 0 saturated heterocycles. The van der Waals surface area contributed by atoms with Crippen molar-refractivity contribution < 1.29 is 17.6 Å². The highest BCUT2D eigenvalue weighted by atomic mass is 35.5. The van der Waals surface area contributed by atoms with E-state index in [0.717, 1.165) is 12.1 Å². The zero-order valence-electron chi connectivity index (χ0n) is 10.1. The molecule has 0 spiro atoms. The van der Waals surface area contributed by atoms with Crippen molar-refractivity contribution in [1.82, 2.24) is 0 Å². The van der Waals surface area contributed by atoms with Crippen LogP contribution in [0.5, 0.6) is 0 Å². The topological polar surface area (TPSA) is 26.0 Å². The molecule has 2 N–H and O–H groups in total. The van der Waals surface area contributed by atoms with Crippen LogP contribution in [0.3, 0.4) is 0 Å². The molecule has 2 aromatic rings. The van der Waals surface area contributed by atoms with Gasteiger partial charge in [-0.3, -0.25) is 0 Å². The van der Waals surface area contributed by atoms with E-state index in [9.17, 15) is 17.6 Å². The Bertz CT molecular complexity index is 622. The van der Waals surface area contributed by atoms with Crippen molar-refractivity contribution in [3.63, 3.8) is 0 Å². The van der Waals surface area contributed by atoms with Gasteiger partial charge in [-0.15, -0.1) is 0 Å². The van der Waals surface area contributed by atoms with Crippen LogP contribution in [-0.2, 0) is 6.42 Å². The minimum atomic E-state index is -1.55. The Labute approximate surface area is 118 Å². The molecule has 1 atom stereocenters. The molecule has 0 fully saturated rings. The van der Waals surface area contributed by atoms with Gasteiger partial charge in [-0.25, -0.2) is 17.6 Å². The standard InChI is InChI=1S/C14H10ClF4N/c15-10-2-1-9(16)3-7(10)6-13(20)8-4-11(17)14(19)12(18)5-8/h1-5,13H,6,20H2. The van der Waals surface area contributed by atoms with Crippen molar-refractivity contribution in [2.24, 2.45) is 5.73 Å². The zero-order chi connectivity index (χ0) is 14.9. The molecule has 0 heterocycles. The Morgan fingerprint density at radius 1 is 1.00 bits per heavy atom. The second-order valence-electron chi connectivity index (χ2n) is 4.34. The second-order valence-corrected chi connectivity index (χ2v) is 4.75. The maximum atomic E-state index is 13.1. The molecule has 1 nitrogen and oxygen atoms in total. The fraction of sp³-hybridized carbons (Fsp3) is 0.143. The molecule has 0 saturated carbocycles.